The van der Waals surface area contributed by atoms with E-state index in [0.29, 0.717) is 5.92 Å². The van der Waals surface area contributed by atoms with Crippen LogP contribution < -0.4 is 5.56 Å². The third kappa shape index (κ3) is 2.61. The highest BCUT2D eigenvalue weighted by molar-refractivity contribution is 5.80. The normalized spacial score (nSPS) is 18.8. The lowest BCUT2D eigenvalue weighted by atomic mass is 10.0. The standard InChI is InChI=1S/C16H20N2O2/c1-12-4-2-6-14-15(12)16(19)18(11-17-14)8-3-5-13-7-9-20-10-13/h2,4,6,11,13H,3,5,7-10H2,1H3/t13-/m1/s1. The van der Waals surface area contributed by atoms with Crippen molar-refractivity contribution in [3.63, 3.8) is 0 Å². The van der Waals surface area contributed by atoms with Crippen LogP contribution in [0.5, 0.6) is 0 Å². The molecular weight excluding hydrogens is 252 g/mol. The predicted molar refractivity (Wildman–Crippen MR) is 78.9 cm³/mol. The molecule has 106 valence electrons. The summed E-state index contributed by atoms with van der Waals surface area (Å²) in [4.78, 5) is 16.9. The summed E-state index contributed by atoms with van der Waals surface area (Å²) in [6, 6.07) is 5.80. The van der Waals surface area contributed by atoms with Crippen molar-refractivity contribution in [2.75, 3.05) is 13.2 Å². The van der Waals surface area contributed by atoms with Crippen LogP contribution in [0.4, 0.5) is 0 Å². The number of aryl methyl sites for hydroxylation is 2. The minimum absolute atomic E-state index is 0.0794. The number of benzene rings is 1. The summed E-state index contributed by atoms with van der Waals surface area (Å²) in [7, 11) is 0. The highest BCUT2D eigenvalue weighted by atomic mass is 16.5. The second-order valence-corrected chi connectivity index (χ2v) is 5.58. The van der Waals surface area contributed by atoms with E-state index in [1.165, 1.54) is 0 Å². The molecule has 0 saturated carbocycles. The van der Waals surface area contributed by atoms with Gasteiger partial charge in [-0.05, 0) is 43.7 Å². The van der Waals surface area contributed by atoms with Gasteiger partial charge in [-0.2, -0.15) is 0 Å². The summed E-state index contributed by atoms with van der Waals surface area (Å²) < 4.78 is 7.12. The van der Waals surface area contributed by atoms with Gasteiger partial charge in [-0.15, -0.1) is 0 Å². The van der Waals surface area contributed by atoms with Gasteiger partial charge in [0.05, 0.1) is 17.2 Å². The fourth-order valence-electron chi connectivity index (χ4n) is 2.89. The fraction of sp³-hybridized carbons (Fsp3) is 0.500. The Balaban J connectivity index is 1.76. The van der Waals surface area contributed by atoms with E-state index in [0.717, 1.165) is 55.5 Å². The van der Waals surface area contributed by atoms with E-state index in [1.54, 1.807) is 10.9 Å². The number of aromatic nitrogens is 2. The Kier molecular flexibility index (Phi) is 3.83. The smallest absolute Gasteiger partial charge is 0.261 e. The van der Waals surface area contributed by atoms with Crippen molar-refractivity contribution in [2.45, 2.75) is 32.7 Å². The van der Waals surface area contributed by atoms with E-state index in [4.69, 9.17) is 4.74 Å². The molecule has 1 atom stereocenters. The number of rotatable bonds is 4. The Bertz CT molecular complexity index is 657. The molecule has 0 N–H and O–H groups in total. The lowest BCUT2D eigenvalue weighted by Gasteiger charge is -2.10. The van der Waals surface area contributed by atoms with Crippen molar-refractivity contribution < 1.29 is 4.74 Å². The molecule has 20 heavy (non-hydrogen) atoms. The van der Waals surface area contributed by atoms with E-state index in [2.05, 4.69) is 4.98 Å². The predicted octanol–water partition coefficient (Wildman–Crippen LogP) is 2.52. The Morgan fingerprint density at radius 2 is 2.35 bits per heavy atom. The molecule has 0 aliphatic carbocycles. The number of fused-ring (bicyclic) bond motifs is 1. The van der Waals surface area contributed by atoms with Crippen LogP contribution >= 0.6 is 0 Å². The SMILES string of the molecule is Cc1cccc2ncn(CCC[C@@H]3CCOC3)c(=O)c12. The molecule has 1 fully saturated rings. The summed E-state index contributed by atoms with van der Waals surface area (Å²) in [6.45, 7) is 4.48. The molecule has 0 unspecified atom stereocenters. The van der Waals surface area contributed by atoms with Crippen LogP contribution in [0.1, 0.15) is 24.8 Å². The van der Waals surface area contributed by atoms with Crippen molar-refractivity contribution in [2.24, 2.45) is 5.92 Å². The topological polar surface area (TPSA) is 44.1 Å². The average molecular weight is 272 g/mol. The fourth-order valence-corrected chi connectivity index (χ4v) is 2.89. The second kappa shape index (κ2) is 5.75. The van der Waals surface area contributed by atoms with Gasteiger partial charge in [0.15, 0.2) is 0 Å². The van der Waals surface area contributed by atoms with Crippen LogP contribution in [0.3, 0.4) is 0 Å². The summed E-state index contributed by atoms with van der Waals surface area (Å²) in [5.74, 6) is 0.667. The second-order valence-electron chi connectivity index (χ2n) is 5.58. The molecule has 1 saturated heterocycles. The average Bonchev–Trinajstić information content (AvgIpc) is 2.95. The van der Waals surface area contributed by atoms with Crippen LogP contribution in [-0.4, -0.2) is 22.8 Å². The third-order valence-electron chi connectivity index (χ3n) is 4.10. The molecular formula is C16H20N2O2. The molecule has 1 aliphatic rings. The number of hydrogen-bond donors (Lipinski definition) is 0. The molecule has 2 aromatic rings. The molecule has 1 aliphatic heterocycles. The summed E-state index contributed by atoms with van der Waals surface area (Å²) >= 11 is 0. The minimum Gasteiger partial charge on any atom is -0.381 e. The lowest BCUT2D eigenvalue weighted by molar-refractivity contribution is 0.183. The molecule has 0 spiro atoms. The van der Waals surface area contributed by atoms with Crippen molar-refractivity contribution in [3.05, 3.63) is 40.4 Å². The highest BCUT2D eigenvalue weighted by Gasteiger charge is 2.15. The van der Waals surface area contributed by atoms with E-state index in [-0.39, 0.29) is 5.56 Å². The largest absolute Gasteiger partial charge is 0.381 e. The van der Waals surface area contributed by atoms with Crippen LogP contribution in [0, 0.1) is 12.8 Å². The van der Waals surface area contributed by atoms with Gasteiger partial charge in [0.1, 0.15) is 0 Å². The molecule has 0 amide bonds. The summed E-state index contributed by atoms with van der Waals surface area (Å²) in [5, 5.41) is 0.749. The molecule has 4 nitrogen and oxygen atoms in total. The highest BCUT2D eigenvalue weighted by Crippen LogP contribution is 2.18. The zero-order valence-corrected chi connectivity index (χ0v) is 11.8. The molecule has 0 bridgehead atoms. The molecule has 1 aromatic carbocycles. The number of hydrogen-bond acceptors (Lipinski definition) is 3. The van der Waals surface area contributed by atoms with Gasteiger partial charge in [-0.1, -0.05) is 12.1 Å². The zero-order valence-electron chi connectivity index (χ0n) is 11.8. The minimum atomic E-state index is 0.0794. The molecule has 0 radical (unpaired) electrons. The van der Waals surface area contributed by atoms with E-state index in [9.17, 15) is 4.79 Å². The van der Waals surface area contributed by atoms with Crippen LogP contribution in [0.2, 0.25) is 0 Å². The third-order valence-corrected chi connectivity index (χ3v) is 4.10. The van der Waals surface area contributed by atoms with E-state index < -0.39 is 0 Å². The van der Waals surface area contributed by atoms with Crippen molar-refractivity contribution in [3.8, 4) is 0 Å². The first-order chi connectivity index (χ1) is 9.75. The summed E-state index contributed by atoms with van der Waals surface area (Å²) in [5.41, 5.74) is 1.87. The van der Waals surface area contributed by atoms with Gasteiger partial charge < -0.3 is 4.74 Å². The van der Waals surface area contributed by atoms with Gasteiger partial charge in [0, 0.05) is 19.8 Å². The Hall–Kier alpha value is -1.68. The maximum atomic E-state index is 12.5. The maximum Gasteiger partial charge on any atom is 0.261 e. The monoisotopic (exact) mass is 272 g/mol. The van der Waals surface area contributed by atoms with Crippen LogP contribution in [0.25, 0.3) is 10.9 Å². The molecule has 3 rings (SSSR count). The first-order valence-corrected chi connectivity index (χ1v) is 7.28. The lowest BCUT2D eigenvalue weighted by Crippen LogP contribution is -2.21. The van der Waals surface area contributed by atoms with Gasteiger partial charge in [-0.25, -0.2) is 4.98 Å². The van der Waals surface area contributed by atoms with Crippen molar-refractivity contribution in [1.82, 2.24) is 9.55 Å². The Morgan fingerprint density at radius 1 is 1.45 bits per heavy atom. The molecule has 2 heterocycles. The zero-order chi connectivity index (χ0) is 13.9. The van der Waals surface area contributed by atoms with Gasteiger partial charge >= 0.3 is 0 Å². The molecule has 1 aromatic heterocycles. The Labute approximate surface area is 118 Å². The van der Waals surface area contributed by atoms with Crippen LogP contribution in [0.15, 0.2) is 29.3 Å². The number of ether oxygens (including phenoxy) is 1. The van der Waals surface area contributed by atoms with Crippen molar-refractivity contribution in [1.29, 1.82) is 0 Å². The number of nitrogens with zero attached hydrogens (tertiary/aromatic N) is 2. The van der Waals surface area contributed by atoms with Crippen molar-refractivity contribution >= 4 is 10.9 Å². The maximum absolute atomic E-state index is 12.5. The first-order valence-electron chi connectivity index (χ1n) is 7.28. The Morgan fingerprint density at radius 3 is 3.15 bits per heavy atom. The van der Waals surface area contributed by atoms with Gasteiger partial charge in [0.25, 0.3) is 5.56 Å². The molecule has 4 heteroatoms. The van der Waals surface area contributed by atoms with E-state index in [1.807, 2.05) is 25.1 Å². The van der Waals surface area contributed by atoms with E-state index >= 15 is 0 Å². The van der Waals surface area contributed by atoms with Gasteiger partial charge in [-0.3, -0.25) is 9.36 Å². The first kappa shape index (κ1) is 13.3. The van der Waals surface area contributed by atoms with Gasteiger partial charge in [0.2, 0.25) is 0 Å². The van der Waals surface area contributed by atoms with Crippen LogP contribution in [-0.2, 0) is 11.3 Å². The summed E-state index contributed by atoms with van der Waals surface area (Å²) in [6.07, 6.45) is 4.96. The quantitative estimate of drug-likeness (QED) is 0.859.